The summed E-state index contributed by atoms with van der Waals surface area (Å²) in [5.41, 5.74) is 0. The highest BCUT2D eigenvalue weighted by Gasteiger charge is 2.37. The first-order valence-corrected chi connectivity index (χ1v) is 6.66. The van der Waals surface area contributed by atoms with Crippen LogP contribution in [0.25, 0.3) is 0 Å². The lowest BCUT2D eigenvalue weighted by Gasteiger charge is -2.37. The lowest BCUT2D eigenvalue weighted by Crippen LogP contribution is -2.50. The molecule has 1 N–H and O–H groups in total. The monoisotopic (exact) mass is 274 g/mol. The predicted molar refractivity (Wildman–Crippen MR) is 58.7 cm³/mol. The van der Waals surface area contributed by atoms with E-state index in [2.05, 4.69) is 4.98 Å². The van der Waals surface area contributed by atoms with Crippen LogP contribution in [0.15, 0.2) is 23.4 Å². The smallest absolute Gasteiger partial charge is 0.303 e. The number of rotatable bonds is 4. The Labute approximate surface area is 103 Å². The van der Waals surface area contributed by atoms with Crippen molar-refractivity contribution < 1.29 is 22.7 Å². The van der Waals surface area contributed by atoms with E-state index in [4.69, 9.17) is 5.11 Å². The second kappa shape index (κ2) is 4.62. The summed E-state index contributed by atoms with van der Waals surface area (Å²) in [5, 5.41) is 8.56. The zero-order valence-electron chi connectivity index (χ0n) is 9.28. The van der Waals surface area contributed by atoms with Crippen LogP contribution >= 0.6 is 0 Å². The van der Waals surface area contributed by atoms with E-state index < -0.39 is 21.8 Å². The number of carboxylic acids is 1. The molecule has 98 valence electrons. The van der Waals surface area contributed by atoms with Crippen molar-refractivity contribution >= 4 is 16.0 Å². The maximum Gasteiger partial charge on any atom is 0.303 e. The molecule has 2 heterocycles. The summed E-state index contributed by atoms with van der Waals surface area (Å²) in [6, 6.07) is 0.896. The molecule has 0 atom stereocenters. The molecule has 0 unspecified atom stereocenters. The minimum Gasteiger partial charge on any atom is -0.481 e. The van der Waals surface area contributed by atoms with Gasteiger partial charge < -0.3 is 5.11 Å². The van der Waals surface area contributed by atoms with Gasteiger partial charge in [-0.05, 0) is 12.0 Å². The van der Waals surface area contributed by atoms with Crippen LogP contribution < -0.4 is 0 Å². The maximum atomic E-state index is 12.9. The molecule has 1 aromatic rings. The van der Waals surface area contributed by atoms with Crippen LogP contribution in [0.3, 0.4) is 0 Å². The number of carboxylic acid groups (broad SMARTS) is 1. The van der Waals surface area contributed by atoms with Crippen molar-refractivity contribution in [3.05, 3.63) is 24.3 Å². The van der Waals surface area contributed by atoms with Crippen LogP contribution in [0.4, 0.5) is 4.39 Å². The molecule has 0 radical (unpaired) electrons. The summed E-state index contributed by atoms with van der Waals surface area (Å²) in [7, 11) is -3.76. The predicted octanol–water partition coefficient (Wildman–Crippen LogP) is 0.316. The Morgan fingerprint density at radius 3 is 2.72 bits per heavy atom. The Hall–Kier alpha value is -1.54. The molecule has 1 aliphatic heterocycles. The zero-order chi connectivity index (χ0) is 13.3. The van der Waals surface area contributed by atoms with E-state index in [1.165, 1.54) is 0 Å². The number of nitrogens with zero attached hydrogens (tertiary/aromatic N) is 2. The maximum absolute atomic E-state index is 12.9. The molecule has 18 heavy (non-hydrogen) atoms. The lowest BCUT2D eigenvalue weighted by atomic mass is 10.00. The lowest BCUT2D eigenvalue weighted by molar-refractivity contribution is -0.139. The van der Waals surface area contributed by atoms with E-state index in [0.717, 1.165) is 22.8 Å². The topological polar surface area (TPSA) is 87.6 Å². The van der Waals surface area contributed by atoms with E-state index >= 15 is 0 Å². The van der Waals surface area contributed by atoms with Crippen molar-refractivity contribution in [3.8, 4) is 0 Å². The van der Waals surface area contributed by atoms with E-state index in [1.54, 1.807) is 0 Å². The average molecular weight is 274 g/mol. The van der Waals surface area contributed by atoms with E-state index in [9.17, 15) is 17.6 Å². The molecule has 1 saturated heterocycles. The molecule has 0 aromatic carbocycles. The largest absolute Gasteiger partial charge is 0.481 e. The molecule has 0 bridgehead atoms. The van der Waals surface area contributed by atoms with Gasteiger partial charge in [0.2, 0.25) is 10.0 Å². The summed E-state index contributed by atoms with van der Waals surface area (Å²) in [4.78, 5) is 13.7. The molecule has 1 fully saturated rings. The van der Waals surface area contributed by atoms with Crippen molar-refractivity contribution in [2.24, 2.45) is 5.92 Å². The van der Waals surface area contributed by atoms with Crippen LogP contribution in [0.5, 0.6) is 0 Å². The van der Waals surface area contributed by atoms with Gasteiger partial charge >= 0.3 is 5.97 Å². The summed E-state index contributed by atoms with van der Waals surface area (Å²) in [6.07, 6.45) is 1.93. The van der Waals surface area contributed by atoms with Gasteiger partial charge in [-0.3, -0.25) is 9.78 Å². The Balaban J connectivity index is 2.08. The third-order valence-corrected chi connectivity index (χ3v) is 4.50. The molecule has 6 nitrogen and oxygen atoms in total. The number of pyridine rings is 1. The summed E-state index contributed by atoms with van der Waals surface area (Å²) in [6.45, 7) is 0.288. The molecule has 0 saturated carbocycles. The van der Waals surface area contributed by atoms with E-state index in [1.807, 2.05) is 0 Å². The number of aliphatic carboxylic acids is 1. The van der Waals surface area contributed by atoms with E-state index in [-0.39, 0.29) is 30.3 Å². The summed E-state index contributed by atoms with van der Waals surface area (Å²) in [5.74, 6) is -1.86. The molecular weight excluding hydrogens is 263 g/mol. The number of hydrogen-bond acceptors (Lipinski definition) is 4. The highest BCUT2D eigenvalue weighted by molar-refractivity contribution is 7.89. The van der Waals surface area contributed by atoms with Gasteiger partial charge in [-0.2, -0.15) is 4.31 Å². The van der Waals surface area contributed by atoms with Crippen LogP contribution in [-0.4, -0.2) is 41.9 Å². The second-order valence-electron chi connectivity index (χ2n) is 4.12. The van der Waals surface area contributed by atoms with Crippen molar-refractivity contribution in [2.45, 2.75) is 11.3 Å². The van der Waals surface area contributed by atoms with E-state index in [0.29, 0.717) is 0 Å². The van der Waals surface area contributed by atoms with Crippen molar-refractivity contribution in [1.82, 2.24) is 9.29 Å². The first-order valence-electron chi connectivity index (χ1n) is 5.22. The molecule has 1 aliphatic rings. The Morgan fingerprint density at radius 2 is 2.17 bits per heavy atom. The van der Waals surface area contributed by atoms with Crippen molar-refractivity contribution in [3.63, 3.8) is 0 Å². The Bertz CT molecular complexity index is 569. The summed E-state index contributed by atoms with van der Waals surface area (Å²) >= 11 is 0. The standard InChI is InChI=1S/C10H11FN2O4S/c11-8-2-9(4-12-3-8)18(16,17)13-5-7(6-13)1-10(14)15/h2-4,7H,1,5-6H2,(H,14,15). The Morgan fingerprint density at radius 1 is 1.50 bits per heavy atom. The SMILES string of the molecule is O=C(O)CC1CN(S(=O)(=O)c2cncc(F)c2)C1. The minimum absolute atomic E-state index is 0.0621. The fraction of sp³-hybridized carbons (Fsp3) is 0.400. The van der Waals surface area contributed by atoms with Crippen LogP contribution in [0.2, 0.25) is 0 Å². The number of carbonyl (C=O) groups is 1. The summed E-state index contributed by atoms with van der Waals surface area (Å²) < 4.78 is 38.0. The number of halogens is 1. The molecule has 0 amide bonds. The minimum atomic E-state index is -3.76. The first-order chi connectivity index (χ1) is 8.39. The molecule has 8 heteroatoms. The second-order valence-corrected chi connectivity index (χ2v) is 6.06. The first kappa shape index (κ1) is 12.9. The van der Waals surface area contributed by atoms with Gasteiger partial charge in [0.25, 0.3) is 0 Å². The van der Waals surface area contributed by atoms with Gasteiger partial charge in [0, 0.05) is 19.3 Å². The van der Waals surface area contributed by atoms with Gasteiger partial charge in [0.05, 0.1) is 12.6 Å². The fourth-order valence-electron chi connectivity index (χ4n) is 1.78. The van der Waals surface area contributed by atoms with Crippen LogP contribution in [-0.2, 0) is 14.8 Å². The van der Waals surface area contributed by atoms with Gasteiger partial charge in [-0.1, -0.05) is 0 Å². The Kier molecular flexibility index (Phi) is 3.31. The fourth-order valence-corrected chi connectivity index (χ4v) is 3.35. The zero-order valence-corrected chi connectivity index (χ0v) is 10.1. The average Bonchev–Trinajstić information content (AvgIpc) is 2.22. The van der Waals surface area contributed by atoms with Crippen molar-refractivity contribution in [2.75, 3.05) is 13.1 Å². The third-order valence-electron chi connectivity index (χ3n) is 2.70. The highest BCUT2D eigenvalue weighted by Crippen LogP contribution is 2.26. The third kappa shape index (κ3) is 2.49. The molecule has 0 aliphatic carbocycles. The van der Waals surface area contributed by atoms with Crippen LogP contribution in [0.1, 0.15) is 6.42 Å². The van der Waals surface area contributed by atoms with Gasteiger partial charge in [-0.15, -0.1) is 0 Å². The number of aromatic nitrogens is 1. The molecule has 2 rings (SSSR count). The normalized spacial score (nSPS) is 17.4. The molecular formula is C10H11FN2O4S. The van der Waals surface area contributed by atoms with Gasteiger partial charge in [0.1, 0.15) is 10.7 Å². The quantitative estimate of drug-likeness (QED) is 0.854. The highest BCUT2D eigenvalue weighted by atomic mass is 32.2. The van der Waals surface area contributed by atoms with Gasteiger partial charge in [-0.25, -0.2) is 12.8 Å². The number of sulfonamides is 1. The molecule has 1 aromatic heterocycles. The molecule has 0 spiro atoms. The van der Waals surface area contributed by atoms with Crippen LogP contribution in [0, 0.1) is 11.7 Å². The van der Waals surface area contributed by atoms with Crippen molar-refractivity contribution in [1.29, 1.82) is 0 Å². The van der Waals surface area contributed by atoms with Gasteiger partial charge in [0.15, 0.2) is 0 Å². The number of hydrogen-bond donors (Lipinski definition) is 1.